The number of benzene rings is 1. The van der Waals surface area contributed by atoms with Crippen LogP contribution in [-0.2, 0) is 24.4 Å². The molecule has 3 aromatic heterocycles. The van der Waals surface area contributed by atoms with Crippen LogP contribution in [-0.4, -0.2) is 86.2 Å². The number of nitrogens with zero attached hydrogens (tertiary/aromatic N) is 5. The first-order chi connectivity index (χ1) is 23.6. The number of rotatable bonds is 16. The number of carboxylic acid groups (broad SMARTS) is 1. The highest BCUT2D eigenvalue weighted by molar-refractivity contribution is 6.76. The summed E-state index contributed by atoms with van der Waals surface area (Å²) in [6, 6.07) is 18.5. The van der Waals surface area contributed by atoms with Gasteiger partial charge in [-0.15, -0.1) is 0 Å². The summed E-state index contributed by atoms with van der Waals surface area (Å²) >= 11 is 0. The second-order valence-electron chi connectivity index (χ2n) is 16.4. The molecule has 0 radical (unpaired) electrons. The summed E-state index contributed by atoms with van der Waals surface area (Å²) in [4.78, 5) is 24.4. The van der Waals surface area contributed by atoms with Crippen LogP contribution in [0.3, 0.4) is 0 Å². The molecule has 1 saturated carbocycles. The first-order valence-corrected chi connectivity index (χ1v) is 25.1. The Bertz CT molecular complexity index is 1700. The van der Waals surface area contributed by atoms with Gasteiger partial charge in [-0.05, 0) is 43.8 Å². The Kier molecular flexibility index (Phi) is 11.7. The summed E-state index contributed by atoms with van der Waals surface area (Å²) in [5, 5.41) is 14.9. The molecular weight excluding hydrogens is 663 g/mol. The zero-order valence-electron chi connectivity index (χ0n) is 31.2. The van der Waals surface area contributed by atoms with Crippen LogP contribution in [0.4, 0.5) is 5.82 Å². The summed E-state index contributed by atoms with van der Waals surface area (Å²) in [5.74, 6) is -0.0815. The van der Waals surface area contributed by atoms with Gasteiger partial charge in [-0.2, -0.15) is 9.61 Å². The number of methoxy groups -OCH3 is 1. The molecule has 270 valence electrons. The van der Waals surface area contributed by atoms with Crippen molar-refractivity contribution in [2.45, 2.75) is 95.0 Å². The minimum atomic E-state index is -1.28. The summed E-state index contributed by atoms with van der Waals surface area (Å²) in [5.41, 5.74) is 3.78. The van der Waals surface area contributed by atoms with Gasteiger partial charge in [0, 0.05) is 70.8 Å². The van der Waals surface area contributed by atoms with Crippen molar-refractivity contribution in [3.63, 3.8) is 0 Å². The van der Waals surface area contributed by atoms with Gasteiger partial charge in [-0.25, -0.2) is 9.78 Å². The molecule has 0 amide bonds. The number of aromatic nitrogens is 4. The van der Waals surface area contributed by atoms with E-state index < -0.39 is 27.7 Å². The molecule has 0 atom stereocenters. The molecule has 0 spiro atoms. The van der Waals surface area contributed by atoms with Crippen LogP contribution in [0.25, 0.3) is 28.0 Å². The van der Waals surface area contributed by atoms with Gasteiger partial charge < -0.3 is 24.2 Å². The number of pyridine rings is 1. The van der Waals surface area contributed by atoms with Gasteiger partial charge in [-0.1, -0.05) is 82.6 Å². The maximum absolute atomic E-state index is 12.2. The Hall–Kier alpha value is -3.43. The van der Waals surface area contributed by atoms with E-state index >= 15 is 0 Å². The lowest BCUT2D eigenvalue weighted by atomic mass is 9.68. The van der Waals surface area contributed by atoms with Crippen LogP contribution in [0.15, 0.2) is 60.9 Å². The highest BCUT2D eigenvalue weighted by Gasteiger charge is 2.47. The number of aliphatic carboxylic acids is 1. The van der Waals surface area contributed by atoms with E-state index in [1.54, 1.807) is 0 Å². The van der Waals surface area contributed by atoms with E-state index in [9.17, 15) is 9.90 Å². The van der Waals surface area contributed by atoms with E-state index in [1.165, 1.54) is 7.11 Å². The number of anilines is 1. The molecule has 10 nitrogen and oxygen atoms in total. The number of hydrogen-bond donors (Lipinski definition) is 1. The fraction of sp³-hybridized carbons (Fsp3) is 0.526. The van der Waals surface area contributed by atoms with Crippen LogP contribution >= 0.6 is 0 Å². The topological polar surface area (TPSA) is 111 Å². The SMILES string of the molecule is CO[C@]1(C(=O)O)CC[C@](C)(c2cc(N(COCC[Si](C)(C)C)COCC[Si](C)(C)C)n3ncc(-c4ccc(-c5ccccc5)nc4)c3n2)CC1. The number of carboxylic acids is 1. The minimum Gasteiger partial charge on any atom is -0.479 e. The fourth-order valence-corrected chi connectivity index (χ4v) is 7.77. The summed E-state index contributed by atoms with van der Waals surface area (Å²) in [7, 11) is -1.07. The first kappa shape index (κ1) is 37.8. The summed E-state index contributed by atoms with van der Waals surface area (Å²) in [6.45, 7) is 18.4. The van der Waals surface area contributed by atoms with Gasteiger partial charge in [0.1, 0.15) is 19.3 Å². The molecule has 4 aromatic rings. The predicted molar refractivity (Wildman–Crippen MR) is 205 cm³/mol. The first-order valence-electron chi connectivity index (χ1n) is 17.7. The Morgan fingerprint density at radius 2 is 1.50 bits per heavy atom. The zero-order chi connectivity index (χ0) is 36.2. The second-order valence-corrected chi connectivity index (χ2v) is 27.6. The zero-order valence-corrected chi connectivity index (χ0v) is 33.2. The maximum atomic E-state index is 12.2. The van der Waals surface area contributed by atoms with Gasteiger partial charge in [0.15, 0.2) is 11.2 Å². The van der Waals surface area contributed by atoms with Crippen LogP contribution in [0.5, 0.6) is 0 Å². The van der Waals surface area contributed by atoms with E-state index in [-0.39, 0.29) is 5.41 Å². The third-order valence-corrected chi connectivity index (χ3v) is 13.4. The van der Waals surface area contributed by atoms with Gasteiger partial charge in [0.05, 0.1) is 17.6 Å². The number of carbonyl (C=O) groups is 1. The normalized spacial score (nSPS) is 19.9. The largest absolute Gasteiger partial charge is 0.479 e. The Labute approximate surface area is 299 Å². The van der Waals surface area contributed by atoms with Gasteiger partial charge >= 0.3 is 5.97 Å². The minimum absolute atomic E-state index is 0.348. The molecular formula is C38H55N5O5Si2. The molecule has 12 heteroatoms. The standard InChI is InChI=1S/C38H55N5O5Si2/c1-37(16-18-38(46-2,19-17-37)36(44)45)33-24-34(42(27-47-20-22-49(3,4)5)28-48-21-23-50(6,7)8)43-35(41-33)31(26-40-43)30-14-15-32(39-25-30)29-12-10-9-11-13-29/h9-15,24-26H,16-23,27-28H2,1-8H3,(H,44,45)/t37-,38+. The van der Waals surface area contributed by atoms with Crippen LogP contribution in [0, 0.1) is 0 Å². The van der Waals surface area contributed by atoms with Crippen LogP contribution < -0.4 is 4.90 Å². The van der Waals surface area contributed by atoms with E-state index in [2.05, 4.69) is 75.4 Å². The maximum Gasteiger partial charge on any atom is 0.335 e. The van der Waals surface area contributed by atoms with Crippen molar-refractivity contribution in [2.75, 3.05) is 38.7 Å². The van der Waals surface area contributed by atoms with Crippen LogP contribution in [0.1, 0.15) is 38.3 Å². The number of hydrogen-bond acceptors (Lipinski definition) is 8. The lowest BCUT2D eigenvalue weighted by molar-refractivity contribution is -0.167. The highest BCUT2D eigenvalue weighted by Crippen LogP contribution is 2.45. The van der Waals surface area contributed by atoms with Crippen molar-refractivity contribution in [2.24, 2.45) is 0 Å². The summed E-state index contributed by atoms with van der Waals surface area (Å²) < 4.78 is 20.1. The quantitative estimate of drug-likeness (QED) is 0.0697. The van der Waals surface area contributed by atoms with E-state index in [4.69, 9.17) is 29.3 Å². The molecule has 1 aliphatic rings. The van der Waals surface area contributed by atoms with E-state index in [1.807, 2.05) is 41.2 Å². The fourth-order valence-electron chi connectivity index (χ4n) is 6.26. The lowest BCUT2D eigenvalue weighted by Crippen LogP contribution is -2.47. The molecule has 0 bridgehead atoms. The van der Waals surface area contributed by atoms with Gasteiger partial charge in [0.25, 0.3) is 0 Å². The molecule has 50 heavy (non-hydrogen) atoms. The molecule has 3 heterocycles. The second kappa shape index (κ2) is 15.4. The summed E-state index contributed by atoms with van der Waals surface area (Å²) in [6.07, 6.45) is 5.77. The average molecular weight is 718 g/mol. The smallest absolute Gasteiger partial charge is 0.335 e. The molecule has 0 unspecified atom stereocenters. The molecule has 1 aliphatic carbocycles. The highest BCUT2D eigenvalue weighted by atomic mass is 28.3. The Balaban J connectivity index is 1.56. The van der Waals surface area contributed by atoms with Gasteiger partial charge in [0.2, 0.25) is 0 Å². The van der Waals surface area contributed by atoms with Crippen molar-refractivity contribution in [3.8, 4) is 22.4 Å². The molecule has 0 saturated heterocycles. The van der Waals surface area contributed by atoms with E-state index in [0.717, 1.165) is 46.0 Å². The monoisotopic (exact) mass is 717 g/mol. The van der Waals surface area contributed by atoms with Crippen molar-refractivity contribution in [3.05, 3.63) is 66.6 Å². The number of fused-ring (bicyclic) bond motifs is 1. The number of ether oxygens (including phenoxy) is 3. The van der Waals surface area contributed by atoms with Crippen molar-refractivity contribution >= 4 is 33.6 Å². The Morgan fingerprint density at radius 1 is 0.880 bits per heavy atom. The van der Waals surface area contributed by atoms with Crippen molar-refractivity contribution in [1.29, 1.82) is 0 Å². The van der Waals surface area contributed by atoms with Crippen molar-refractivity contribution < 1.29 is 24.1 Å². The Morgan fingerprint density at radius 3 is 2.02 bits per heavy atom. The van der Waals surface area contributed by atoms with Crippen LogP contribution in [0.2, 0.25) is 51.4 Å². The molecule has 1 aromatic carbocycles. The third kappa shape index (κ3) is 9.07. The van der Waals surface area contributed by atoms with E-state index in [0.29, 0.717) is 58.0 Å². The molecule has 1 fully saturated rings. The lowest BCUT2D eigenvalue weighted by Gasteiger charge is -2.41. The molecule has 5 rings (SSSR count). The van der Waals surface area contributed by atoms with Crippen molar-refractivity contribution in [1.82, 2.24) is 19.6 Å². The predicted octanol–water partition coefficient (Wildman–Crippen LogP) is 8.19. The molecule has 0 aliphatic heterocycles. The van der Waals surface area contributed by atoms with Gasteiger partial charge in [-0.3, -0.25) is 4.98 Å². The third-order valence-electron chi connectivity index (χ3n) is 9.97. The molecule has 1 N–H and O–H groups in total. The average Bonchev–Trinajstić information content (AvgIpc) is 3.51.